The second kappa shape index (κ2) is 16.9. The Bertz CT molecular complexity index is 1690. The Morgan fingerprint density at radius 2 is 1.46 bits per heavy atom. The van der Waals surface area contributed by atoms with Crippen molar-refractivity contribution >= 4 is 44.8 Å². The van der Waals surface area contributed by atoms with E-state index in [-0.39, 0.29) is 36.1 Å². The smallest absolute Gasteiger partial charge is 0.475 e. The van der Waals surface area contributed by atoms with Crippen molar-refractivity contribution in [2.45, 2.75) is 86.0 Å². The van der Waals surface area contributed by atoms with Gasteiger partial charge in [-0.2, -0.15) is 26.7 Å². The number of carbonyl (C=O) groups excluding carboxylic acids is 1. The van der Waals surface area contributed by atoms with Gasteiger partial charge in [-0.1, -0.05) is 67.3 Å². The van der Waals surface area contributed by atoms with Crippen molar-refractivity contribution in [1.82, 2.24) is 9.62 Å². The van der Waals surface area contributed by atoms with Crippen LogP contribution in [0.4, 0.5) is 22.0 Å². The van der Waals surface area contributed by atoms with Crippen molar-refractivity contribution in [3.63, 3.8) is 0 Å². The zero-order valence-corrected chi connectivity index (χ0v) is 29.1. The molecule has 4 N–H and O–H groups in total. The van der Waals surface area contributed by atoms with Crippen molar-refractivity contribution < 1.29 is 49.8 Å². The highest BCUT2D eigenvalue weighted by Gasteiger charge is 2.50. The maximum atomic E-state index is 16.2. The van der Waals surface area contributed by atoms with Gasteiger partial charge in [-0.3, -0.25) is 4.79 Å². The SMILES string of the molecule is NC1CCN(C(=O)C(NS(=O)(=O)c2ccc(COC3CCCCC3)s2)C(F)(F)c2ccc(-c3ccc(Cl)cc3)cc2)CC1.O=C(O)C(F)(F)F. The number of nitrogens with one attached hydrogen (secondary N) is 1. The van der Waals surface area contributed by atoms with Crippen LogP contribution in [0.15, 0.2) is 64.9 Å². The summed E-state index contributed by atoms with van der Waals surface area (Å²) in [6.45, 7) is 0.592. The predicted octanol–water partition coefficient (Wildman–Crippen LogP) is 6.94. The fraction of sp³-hybridized carbons (Fsp3) is 0.455. The molecule has 1 saturated heterocycles. The number of piperidine rings is 1. The number of hydrogen-bond donors (Lipinski definition) is 3. The number of rotatable bonds is 10. The van der Waals surface area contributed by atoms with Gasteiger partial charge in [-0.05, 0) is 61.1 Å². The van der Waals surface area contributed by atoms with E-state index in [4.69, 9.17) is 32.0 Å². The lowest BCUT2D eigenvalue weighted by Gasteiger charge is -2.35. The number of carboxylic acid groups (broad SMARTS) is 1. The van der Waals surface area contributed by atoms with Crippen LogP contribution in [0.25, 0.3) is 11.1 Å². The molecule has 1 saturated carbocycles. The molecule has 9 nitrogen and oxygen atoms in total. The van der Waals surface area contributed by atoms with E-state index in [1.54, 1.807) is 30.3 Å². The van der Waals surface area contributed by atoms with Gasteiger partial charge in [0, 0.05) is 34.6 Å². The molecule has 0 spiro atoms. The summed E-state index contributed by atoms with van der Waals surface area (Å²) in [4.78, 5) is 24.4. The van der Waals surface area contributed by atoms with E-state index in [2.05, 4.69) is 4.72 Å². The number of ether oxygens (including phenoxy) is 1. The van der Waals surface area contributed by atoms with Crippen molar-refractivity contribution in [2.75, 3.05) is 13.1 Å². The summed E-state index contributed by atoms with van der Waals surface area (Å²) in [5, 5.41) is 7.67. The lowest BCUT2D eigenvalue weighted by atomic mass is 9.96. The van der Waals surface area contributed by atoms with Crippen LogP contribution in [0.5, 0.6) is 0 Å². The van der Waals surface area contributed by atoms with Crippen LogP contribution in [0.1, 0.15) is 55.4 Å². The number of nitrogens with zero attached hydrogens (tertiary/aromatic N) is 1. The number of aliphatic carboxylic acids is 1. The highest BCUT2D eigenvalue weighted by atomic mass is 35.5. The van der Waals surface area contributed by atoms with Crippen LogP contribution in [0.3, 0.4) is 0 Å². The average molecular weight is 766 g/mol. The number of amides is 1. The molecule has 2 aromatic carbocycles. The Morgan fingerprint density at radius 3 is 2.00 bits per heavy atom. The zero-order valence-electron chi connectivity index (χ0n) is 26.7. The van der Waals surface area contributed by atoms with Gasteiger partial charge < -0.3 is 20.5 Å². The van der Waals surface area contributed by atoms with E-state index in [1.165, 1.54) is 41.7 Å². The maximum Gasteiger partial charge on any atom is 0.490 e. The number of nitrogens with two attached hydrogens (primary N) is 1. The van der Waals surface area contributed by atoms with E-state index in [9.17, 15) is 26.4 Å². The van der Waals surface area contributed by atoms with E-state index in [1.807, 2.05) is 0 Å². The first-order valence-corrected chi connectivity index (χ1v) is 18.5. The molecule has 3 aromatic rings. The molecule has 5 rings (SSSR count). The summed E-state index contributed by atoms with van der Waals surface area (Å²) >= 11 is 6.92. The minimum atomic E-state index is -5.08. The third-order valence-corrected chi connectivity index (χ3v) is 11.6. The molecule has 1 unspecified atom stereocenters. The number of halogens is 6. The summed E-state index contributed by atoms with van der Waals surface area (Å²) in [6.07, 6.45) is 1.29. The monoisotopic (exact) mass is 765 g/mol. The summed E-state index contributed by atoms with van der Waals surface area (Å²) < 4.78 is 99.0. The minimum absolute atomic E-state index is 0.137. The highest BCUT2D eigenvalue weighted by molar-refractivity contribution is 7.91. The van der Waals surface area contributed by atoms with Crippen molar-refractivity contribution in [3.8, 4) is 11.1 Å². The van der Waals surface area contributed by atoms with Crippen LogP contribution in [0.2, 0.25) is 5.02 Å². The van der Waals surface area contributed by atoms with E-state index in [0.717, 1.165) is 42.6 Å². The van der Waals surface area contributed by atoms with Crippen molar-refractivity contribution in [1.29, 1.82) is 0 Å². The lowest BCUT2D eigenvalue weighted by Crippen LogP contribution is -2.57. The fourth-order valence-corrected chi connectivity index (χ4v) is 8.11. The molecule has 1 aliphatic heterocycles. The number of hydrogen-bond acceptors (Lipinski definition) is 7. The molecule has 1 aromatic heterocycles. The normalized spacial score (nSPS) is 17.1. The Labute approximate surface area is 295 Å². The molecule has 0 bridgehead atoms. The summed E-state index contributed by atoms with van der Waals surface area (Å²) in [5.41, 5.74) is 6.93. The number of likely N-dealkylation sites (tertiary alicyclic amines) is 1. The van der Waals surface area contributed by atoms with Gasteiger partial charge in [-0.25, -0.2) is 13.2 Å². The molecule has 2 heterocycles. The van der Waals surface area contributed by atoms with Gasteiger partial charge in [0.05, 0.1) is 12.7 Å². The predicted molar refractivity (Wildman–Crippen MR) is 178 cm³/mol. The molecule has 1 atom stereocenters. The van der Waals surface area contributed by atoms with Crippen LogP contribution in [-0.4, -0.2) is 67.8 Å². The lowest BCUT2D eigenvalue weighted by molar-refractivity contribution is -0.192. The Morgan fingerprint density at radius 1 is 0.920 bits per heavy atom. The maximum absolute atomic E-state index is 16.2. The molecule has 2 fully saturated rings. The molecule has 1 aliphatic carbocycles. The Balaban J connectivity index is 0.000000727. The second-order valence-electron chi connectivity index (χ2n) is 12.0. The summed E-state index contributed by atoms with van der Waals surface area (Å²) in [7, 11) is -4.47. The number of sulfonamides is 1. The molecule has 17 heteroatoms. The zero-order chi connectivity index (χ0) is 36.7. The van der Waals surface area contributed by atoms with Crippen LogP contribution in [0, 0.1) is 0 Å². The average Bonchev–Trinajstić information content (AvgIpc) is 3.57. The van der Waals surface area contributed by atoms with Gasteiger partial charge in [0.2, 0.25) is 5.91 Å². The third-order valence-electron chi connectivity index (χ3n) is 8.34. The van der Waals surface area contributed by atoms with E-state index in [0.29, 0.717) is 28.3 Å². The van der Waals surface area contributed by atoms with Crippen LogP contribution < -0.4 is 10.5 Å². The molecular formula is C33H37ClF5N3O6S2. The molecule has 274 valence electrons. The first-order valence-electron chi connectivity index (χ1n) is 15.8. The molecule has 0 radical (unpaired) electrons. The topological polar surface area (TPSA) is 139 Å². The van der Waals surface area contributed by atoms with E-state index >= 15 is 8.78 Å². The van der Waals surface area contributed by atoms with Gasteiger partial charge in [-0.15, -0.1) is 11.3 Å². The standard InChI is InChI=1S/C31H36ClF2N3O4S2.C2HF3O2/c32-24-12-8-22(9-13-24)21-6-10-23(11-7-21)31(33,34)29(30(38)37-18-16-25(35)17-19-37)36-43(39,40)28-15-14-27(42-28)20-41-26-4-2-1-3-5-26;3-2(4,5)1(6)7/h6-15,25-26,29,36H,1-5,16-20,35H2;(H,6,7). The Hall–Kier alpha value is -3.15. The number of alkyl halides is 5. The van der Waals surface area contributed by atoms with Crippen LogP contribution in [-0.2, 0) is 36.9 Å². The molecule has 1 amide bonds. The van der Waals surface area contributed by atoms with Gasteiger partial charge >= 0.3 is 12.1 Å². The minimum Gasteiger partial charge on any atom is -0.475 e. The number of thiophene rings is 1. The Kier molecular flexibility index (Phi) is 13.4. The van der Waals surface area contributed by atoms with Gasteiger partial charge in [0.15, 0.2) is 6.04 Å². The fourth-order valence-electron chi connectivity index (χ4n) is 5.50. The summed E-state index contributed by atoms with van der Waals surface area (Å²) in [6, 6.07) is 12.9. The molecule has 2 aliphatic rings. The first-order chi connectivity index (χ1) is 23.5. The van der Waals surface area contributed by atoms with Crippen molar-refractivity contribution in [3.05, 3.63) is 76.1 Å². The van der Waals surface area contributed by atoms with Gasteiger partial charge in [0.1, 0.15) is 4.21 Å². The van der Waals surface area contributed by atoms with Crippen molar-refractivity contribution in [2.24, 2.45) is 5.73 Å². The second-order valence-corrected chi connectivity index (χ2v) is 15.6. The van der Waals surface area contributed by atoms with Crippen LogP contribution >= 0.6 is 22.9 Å². The molecule has 50 heavy (non-hydrogen) atoms. The highest BCUT2D eigenvalue weighted by Crippen LogP contribution is 2.36. The number of carbonyl (C=O) groups is 2. The number of carboxylic acids is 1. The quantitative estimate of drug-likeness (QED) is 0.190. The largest absolute Gasteiger partial charge is 0.490 e. The number of benzene rings is 2. The molecular weight excluding hydrogens is 729 g/mol. The summed E-state index contributed by atoms with van der Waals surface area (Å²) in [5.74, 6) is -7.60. The van der Waals surface area contributed by atoms with E-state index < -0.39 is 45.6 Å². The third kappa shape index (κ3) is 10.7. The first kappa shape index (κ1) is 39.6. The van der Waals surface area contributed by atoms with Gasteiger partial charge in [0.25, 0.3) is 15.9 Å².